The van der Waals surface area contributed by atoms with Gasteiger partial charge < -0.3 is 15.1 Å². The number of aliphatic hydroxyl groups is 1. The van der Waals surface area contributed by atoms with Gasteiger partial charge in [-0.1, -0.05) is 24.6 Å². The first-order chi connectivity index (χ1) is 12.3. The quantitative estimate of drug-likeness (QED) is 0.750. The Balaban J connectivity index is 1.55. The molecule has 5 heteroatoms. The van der Waals surface area contributed by atoms with Crippen molar-refractivity contribution in [2.24, 2.45) is 33.7 Å². The summed E-state index contributed by atoms with van der Waals surface area (Å²) in [6, 6.07) is 0. The van der Waals surface area contributed by atoms with Crippen molar-refractivity contribution in [3.63, 3.8) is 0 Å². The summed E-state index contributed by atoms with van der Waals surface area (Å²) in [6.07, 6.45) is 10.8. The third kappa shape index (κ3) is 2.70. The molecule has 4 rings (SSSR count). The van der Waals surface area contributed by atoms with Crippen molar-refractivity contribution in [3.05, 3.63) is 11.6 Å². The number of rotatable bonds is 3. The minimum Gasteiger partial charge on any atom is -0.479 e. The molecule has 0 heterocycles. The van der Waals surface area contributed by atoms with Crippen LogP contribution in [0.15, 0.2) is 16.8 Å². The molecule has 0 aromatic heterocycles. The van der Waals surface area contributed by atoms with Crippen LogP contribution < -0.4 is 0 Å². The van der Waals surface area contributed by atoms with Gasteiger partial charge >= 0.3 is 5.97 Å². The highest BCUT2D eigenvalue weighted by molar-refractivity contribution is 5.96. The Kier molecular flexibility index (Phi) is 4.41. The van der Waals surface area contributed by atoms with Gasteiger partial charge in [0.1, 0.15) is 0 Å². The average Bonchev–Trinajstić information content (AvgIpc) is 2.90. The SMILES string of the molecule is C[C@]12CC[C@@H]3[C@H](CCC4=C/C(=N\OCC(=O)O)CC[C@@]43C)[C@@H]1CC[C@@H]2O. The fourth-order valence-electron chi connectivity index (χ4n) is 6.79. The second kappa shape index (κ2) is 6.36. The Hall–Kier alpha value is -1.36. The van der Waals surface area contributed by atoms with Gasteiger partial charge in [-0.2, -0.15) is 0 Å². The van der Waals surface area contributed by atoms with E-state index in [0.717, 1.165) is 43.7 Å². The summed E-state index contributed by atoms with van der Waals surface area (Å²) in [5.74, 6) is 1.11. The second-order valence-corrected chi connectivity index (χ2v) is 9.39. The summed E-state index contributed by atoms with van der Waals surface area (Å²) in [6.45, 7) is 4.38. The summed E-state index contributed by atoms with van der Waals surface area (Å²) in [5, 5.41) is 23.3. The molecular formula is C21H31NO4. The monoisotopic (exact) mass is 361 g/mol. The molecule has 144 valence electrons. The maximum atomic E-state index is 10.6. The molecule has 0 unspecified atom stereocenters. The van der Waals surface area contributed by atoms with Crippen LogP contribution in [-0.2, 0) is 9.63 Å². The maximum Gasteiger partial charge on any atom is 0.344 e. The number of hydrogen-bond donors (Lipinski definition) is 2. The number of aliphatic hydroxyl groups excluding tert-OH is 1. The highest BCUT2D eigenvalue weighted by Crippen LogP contribution is 2.65. The van der Waals surface area contributed by atoms with Gasteiger partial charge in [-0.25, -0.2) is 4.79 Å². The van der Waals surface area contributed by atoms with Crippen molar-refractivity contribution in [1.82, 2.24) is 0 Å². The lowest BCUT2D eigenvalue weighted by Crippen LogP contribution is -2.51. The van der Waals surface area contributed by atoms with Crippen molar-refractivity contribution >= 4 is 11.7 Å². The first-order valence-corrected chi connectivity index (χ1v) is 10.1. The molecule has 2 N–H and O–H groups in total. The van der Waals surface area contributed by atoms with Gasteiger partial charge in [0.05, 0.1) is 11.8 Å². The Morgan fingerprint density at radius 2 is 2.00 bits per heavy atom. The van der Waals surface area contributed by atoms with Crippen LogP contribution in [-0.4, -0.2) is 34.6 Å². The van der Waals surface area contributed by atoms with Crippen LogP contribution in [0.4, 0.5) is 0 Å². The number of carboxylic acid groups (broad SMARTS) is 1. The van der Waals surface area contributed by atoms with Crippen LogP contribution in [0.1, 0.15) is 65.2 Å². The van der Waals surface area contributed by atoms with Crippen molar-refractivity contribution in [1.29, 1.82) is 0 Å². The summed E-state index contributed by atoms with van der Waals surface area (Å²) in [7, 11) is 0. The fourth-order valence-corrected chi connectivity index (χ4v) is 6.79. The number of carbonyl (C=O) groups is 1. The topological polar surface area (TPSA) is 79.1 Å². The van der Waals surface area contributed by atoms with Gasteiger partial charge in [-0.3, -0.25) is 0 Å². The van der Waals surface area contributed by atoms with E-state index in [1.165, 1.54) is 24.8 Å². The Morgan fingerprint density at radius 3 is 2.77 bits per heavy atom. The summed E-state index contributed by atoms with van der Waals surface area (Å²) in [5.41, 5.74) is 2.72. The predicted molar refractivity (Wildman–Crippen MR) is 98.7 cm³/mol. The molecule has 0 amide bonds. The third-order valence-corrected chi connectivity index (χ3v) is 8.30. The number of nitrogens with zero attached hydrogens (tertiary/aromatic N) is 1. The molecule has 0 saturated heterocycles. The molecule has 4 aliphatic carbocycles. The third-order valence-electron chi connectivity index (χ3n) is 8.30. The highest BCUT2D eigenvalue weighted by Gasteiger charge is 2.58. The van der Waals surface area contributed by atoms with E-state index in [-0.39, 0.29) is 23.5 Å². The molecule has 6 atom stereocenters. The second-order valence-electron chi connectivity index (χ2n) is 9.39. The van der Waals surface area contributed by atoms with E-state index in [1.807, 2.05) is 0 Å². The van der Waals surface area contributed by atoms with Gasteiger partial charge in [0.25, 0.3) is 0 Å². The van der Waals surface area contributed by atoms with Crippen molar-refractivity contribution in [2.75, 3.05) is 6.61 Å². The summed E-state index contributed by atoms with van der Waals surface area (Å²) >= 11 is 0. The van der Waals surface area contributed by atoms with Crippen LogP contribution in [0.5, 0.6) is 0 Å². The minimum absolute atomic E-state index is 0.116. The number of fused-ring (bicyclic) bond motifs is 5. The van der Waals surface area contributed by atoms with Crippen LogP contribution in [0, 0.1) is 28.6 Å². The molecule has 0 bridgehead atoms. The molecule has 3 saturated carbocycles. The first kappa shape index (κ1) is 18.0. The molecule has 3 fully saturated rings. The van der Waals surface area contributed by atoms with E-state index in [4.69, 9.17) is 9.94 Å². The normalized spacial score (nSPS) is 46.1. The number of hydrogen-bond acceptors (Lipinski definition) is 4. The standard InChI is InChI=1S/C21H31NO4/c1-20-9-7-14(22-26-12-19(24)25)11-13(20)3-4-15-16-5-6-18(23)21(16,2)10-8-17(15)20/h11,15-18,23H,3-10,12H2,1-2H3,(H,24,25)/b22-14-/t15-,16+,17-,18+,20+,21+/m1/s1. The lowest BCUT2D eigenvalue weighted by molar-refractivity contribution is -0.142. The largest absolute Gasteiger partial charge is 0.479 e. The maximum absolute atomic E-state index is 10.6. The Morgan fingerprint density at radius 1 is 1.19 bits per heavy atom. The van der Waals surface area contributed by atoms with Crippen LogP contribution >= 0.6 is 0 Å². The van der Waals surface area contributed by atoms with Gasteiger partial charge in [0, 0.05) is 0 Å². The molecule has 0 aliphatic heterocycles. The van der Waals surface area contributed by atoms with Crippen LogP contribution in [0.3, 0.4) is 0 Å². The molecule has 5 nitrogen and oxygen atoms in total. The molecule has 0 spiro atoms. The van der Waals surface area contributed by atoms with Gasteiger partial charge in [0.15, 0.2) is 0 Å². The highest BCUT2D eigenvalue weighted by atomic mass is 16.6. The minimum atomic E-state index is -0.993. The van der Waals surface area contributed by atoms with Crippen LogP contribution in [0.25, 0.3) is 0 Å². The lowest BCUT2D eigenvalue weighted by atomic mass is 9.47. The van der Waals surface area contributed by atoms with Crippen molar-refractivity contribution < 1.29 is 19.8 Å². The Labute approximate surface area is 155 Å². The van der Waals surface area contributed by atoms with E-state index >= 15 is 0 Å². The Bertz CT molecular complexity index is 656. The fraction of sp³-hybridized carbons (Fsp3) is 0.810. The number of aliphatic carboxylic acids is 1. The molecule has 0 radical (unpaired) electrons. The van der Waals surface area contributed by atoms with E-state index in [9.17, 15) is 9.90 Å². The van der Waals surface area contributed by atoms with E-state index in [2.05, 4.69) is 25.1 Å². The first-order valence-electron chi connectivity index (χ1n) is 10.1. The number of carboxylic acids is 1. The van der Waals surface area contributed by atoms with Gasteiger partial charge in [-0.05, 0) is 86.0 Å². The predicted octanol–water partition coefficient (Wildman–Crippen LogP) is 3.77. The summed E-state index contributed by atoms with van der Waals surface area (Å²) < 4.78 is 0. The van der Waals surface area contributed by atoms with Crippen molar-refractivity contribution in [2.45, 2.75) is 71.3 Å². The van der Waals surface area contributed by atoms with Crippen LogP contribution in [0.2, 0.25) is 0 Å². The van der Waals surface area contributed by atoms with Crippen molar-refractivity contribution in [3.8, 4) is 0 Å². The molecular weight excluding hydrogens is 330 g/mol. The zero-order valence-electron chi connectivity index (χ0n) is 15.9. The molecule has 0 aromatic carbocycles. The molecule has 26 heavy (non-hydrogen) atoms. The smallest absolute Gasteiger partial charge is 0.344 e. The molecule has 0 aromatic rings. The summed E-state index contributed by atoms with van der Waals surface area (Å²) in [4.78, 5) is 15.5. The average molecular weight is 361 g/mol. The van der Waals surface area contributed by atoms with E-state index < -0.39 is 5.97 Å². The lowest BCUT2D eigenvalue weighted by Gasteiger charge is -2.57. The van der Waals surface area contributed by atoms with Gasteiger partial charge in [-0.15, -0.1) is 0 Å². The van der Waals surface area contributed by atoms with Gasteiger partial charge in [0.2, 0.25) is 6.61 Å². The van der Waals surface area contributed by atoms with E-state index in [0.29, 0.717) is 11.8 Å². The zero-order chi connectivity index (χ0) is 18.5. The molecule has 4 aliphatic rings. The number of oxime groups is 1. The number of allylic oxidation sites excluding steroid dienone is 2. The van der Waals surface area contributed by atoms with E-state index in [1.54, 1.807) is 0 Å². The zero-order valence-corrected chi connectivity index (χ0v) is 15.9.